The molecule has 0 spiro atoms. The highest BCUT2D eigenvalue weighted by molar-refractivity contribution is 5.78. The quantitative estimate of drug-likeness (QED) is 0.784. The summed E-state index contributed by atoms with van der Waals surface area (Å²) in [4.78, 5) is 14.1. The molecular weight excluding hydrogens is 306 g/mol. The van der Waals surface area contributed by atoms with Crippen LogP contribution in [0.1, 0.15) is 11.1 Å². The number of benzene rings is 2. The summed E-state index contributed by atoms with van der Waals surface area (Å²) >= 11 is 0. The molecule has 5 nitrogen and oxygen atoms in total. The number of amides is 1. The van der Waals surface area contributed by atoms with Crippen LogP contribution in [0.4, 0.5) is 0 Å². The van der Waals surface area contributed by atoms with E-state index in [2.05, 4.69) is 0 Å². The van der Waals surface area contributed by atoms with Crippen LogP contribution in [-0.2, 0) is 17.8 Å². The molecule has 0 atom stereocenters. The second-order valence-electron chi connectivity index (χ2n) is 5.47. The molecule has 5 heteroatoms. The standard InChI is InChI=1S/C19H23NO4/c1-20(13-15-6-5-7-16(10-15)22-2)19(21)12-14-8-9-17(23-3)18(11-14)24-4/h5-11H,12-13H2,1-4H3. The number of rotatable bonds is 7. The van der Waals surface area contributed by atoms with E-state index in [1.807, 2.05) is 42.5 Å². The Kier molecular flexibility index (Phi) is 6.07. The van der Waals surface area contributed by atoms with E-state index in [0.29, 0.717) is 24.5 Å². The Balaban J connectivity index is 2.03. The molecule has 0 aliphatic rings. The highest BCUT2D eigenvalue weighted by atomic mass is 16.5. The van der Waals surface area contributed by atoms with Gasteiger partial charge in [0, 0.05) is 13.6 Å². The van der Waals surface area contributed by atoms with Crippen molar-refractivity contribution in [2.24, 2.45) is 0 Å². The SMILES string of the molecule is COc1cccc(CN(C)C(=O)Cc2ccc(OC)c(OC)c2)c1. The van der Waals surface area contributed by atoms with Crippen LogP contribution >= 0.6 is 0 Å². The van der Waals surface area contributed by atoms with Crippen molar-refractivity contribution in [3.63, 3.8) is 0 Å². The van der Waals surface area contributed by atoms with Crippen LogP contribution in [0.5, 0.6) is 17.2 Å². The van der Waals surface area contributed by atoms with Gasteiger partial charge in [-0.1, -0.05) is 18.2 Å². The lowest BCUT2D eigenvalue weighted by Crippen LogP contribution is -2.27. The van der Waals surface area contributed by atoms with Crippen molar-refractivity contribution in [3.8, 4) is 17.2 Å². The fourth-order valence-electron chi connectivity index (χ4n) is 2.43. The molecule has 2 rings (SSSR count). The molecule has 0 saturated heterocycles. The Morgan fingerprint density at radius 1 is 0.917 bits per heavy atom. The zero-order chi connectivity index (χ0) is 17.5. The summed E-state index contributed by atoms with van der Waals surface area (Å²) in [6.45, 7) is 0.531. The minimum absolute atomic E-state index is 0.0324. The first-order valence-electron chi connectivity index (χ1n) is 7.65. The van der Waals surface area contributed by atoms with Gasteiger partial charge in [-0.3, -0.25) is 4.79 Å². The fraction of sp³-hybridized carbons (Fsp3) is 0.316. The van der Waals surface area contributed by atoms with Crippen molar-refractivity contribution in [2.45, 2.75) is 13.0 Å². The first-order valence-corrected chi connectivity index (χ1v) is 7.65. The van der Waals surface area contributed by atoms with Gasteiger partial charge in [0.05, 0.1) is 27.8 Å². The van der Waals surface area contributed by atoms with Gasteiger partial charge < -0.3 is 19.1 Å². The fourth-order valence-corrected chi connectivity index (χ4v) is 2.43. The molecule has 0 saturated carbocycles. The Bertz CT molecular complexity index is 700. The van der Waals surface area contributed by atoms with Crippen molar-refractivity contribution in [2.75, 3.05) is 28.4 Å². The third kappa shape index (κ3) is 4.41. The molecule has 24 heavy (non-hydrogen) atoms. The number of methoxy groups -OCH3 is 3. The molecule has 0 aliphatic carbocycles. The van der Waals surface area contributed by atoms with Crippen LogP contribution in [0, 0.1) is 0 Å². The second-order valence-corrected chi connectivity index (χ2v) is 5.47. The number of nitrogens with zero attached hydrogens (tertiary/aromatic N) is 1. The minimum Gasteiger partial charge on any atom is -0.497 e. The lowest BCUT2D eigenvalue weighted by atomic mass is 10.1. The second kappa shape index (κ2) is 8.24. The first kappa shape index (κ1) is 17.7. The largest absolute Gasteiger partial charge is 0.497 e. The maximum Gasteiger partial charge on any atom is 0.227 e. The van der Waals surface area contributed by atoms with Gasteiger partial charge >= 0.3 is 0 Å². The van der Waals surface area contributed by atoms with Crippen molar-refractivity contribution in [1.82, 2.24) is 4.90 Å². The van der Waals surface area contributed by atoms with E-state index >= 15 is 0 Å². The number of carbonyl (C=O) groups is 1. The summed E-state index contributed by atoms with van der Waals surface area (Å²) in [6.07, 6.45) is 0.306. The number of hydrogen-bond donors (Lipinski definition) is 0. The van der Waals surface area contributed by atoms with Crippen LogP contribution in [0.2, 0.25) is 0 Å². The summed E-state index contributed by atoms with van der Waals surface area (Å²) in [5, 5.41) is 0. The van der Waals surface area contributed by atoms with Crippen LogP contribution in [0.3, 0.4) is 0 Å². The van der Waals surface area contributed by atoms with E-state index in [-0.39, 0.29) is 5.91 Å². The van der Waals surface area contributed by atoms with Gasteiger partial charge in [-0.15, -0.1) is 0 Å². The maximum atomic E-state index is 12.4. The molecule has 0 N–H and O–H groups in total. The van der Waals surface area contributed by atoms with E-state index in [4.69, 9.17) is 14.2 Å². The molecule has 0 unspecified atom stereocenters. The van der Waals surface area contributed by atoms with Crippen molar-refractivity contribution in [3.05, 3.63) is 53.6 Å². The Morgan fingerprint density at radius 3 is 2.33 bits per heavy atom. The summed E-state index contributed by atoms with van der Waals surface area (Å²) < 4.78 is 15.7. The van der Waals surface area contributed by atoms with Crippen molar-refractivity contribution >= 4 is 5.91 Å². The summed E-state index contributed by atoms with van der Waals surface area (Å²) in [7, 11) is 6.59. The monoisotopic (exact) mass is 329 g/mol. The molecule has 1 amide bonds. The smallest absolute Gasteiger partial charge is 0.227 e. The molecule has 128 valence electrons. The van der Waals surface area contributed by atoms with Gasteiger partial charge in [0.1, 0.15) is 5.75 Å². The van der Waals surface area contributed by atoms with Crippen molar-refractivity contribution < 1.29 is 19.0 Å². The van der Waals surface area contributed by atoms with E-state index in [9.17, 15) is 4.79 Å². The number of likely N-dealkylation sites (N-methyl/N-ethyl adjacent to an activating group) is 1. The highest BCUT2D eigenvalue weighted by Crippen LogP contribution is 2.27. The average Bonchev–Trinajstić information content (AvgIpc) is 2.61. The number of hydrogen-bond acceptors (Lipinski definition) is 4. The predicted molar refractivity (Wildman–Crippen MR) is 92.7 cm³/mol. The molecule has 2 aromatic rings. The van der Waals surface area contributed by atoms with E-state index < -0.39 is 0 Å². The molecule has 0 aromatic heterocycles. The van der Waals surface area contributed by atoms with Crippen LogP contribution < -0.4 is 14.2 Å². The number of ether oxygens (including phenoxy) is 3. The van der Waals surface area contributed by atoms with E-state index in [1.54, 1.807) is 33.3 Å². The Morgan fingerprint density at radius 2 is 1.67 bits per heavy atom. The molecular formula is C19H23NO4. The van der Waals surface area contributed by atoms with Crippen LogP contribution in [-0.4, -0.2) is 39.2 Å². The lowest BCUT2D eigenvalue weighted by Gasteiger charge is -2.18. The van der Waals surface area contributed by atoms with Gasteiger partial charge in [0.2, 0.25) is 5.91 Å². The molecule has 0 fully saturated rings. The third-order valence-electron chi connectivity index (χ3n) is 3.78. The maximum absolute atomic E-state index is 12.4. The normalized spacial score (nSPS) is 10.2. The molecule has 0 radical (unpaired) electrons. The van der Waals surface area contributed by atoms with E-state index in [0.717, 1.165) is 16.9 Å². The summed E-state index contributed by atoms with van der Waals surface area (Å²) in [6, 6.07) is 13.2. The van der Waals surface area contributed by atoms with Gasteiger partial charge in [-0.2, -0.15) is 0 Å². The zero-order valence-corrected chi connectivity index (χ0v) is 14.5. The van der Waals surface area contributed by atoms with Gasteiger partial charge in [-0.25, -0.2) is 0 Å². The highest BCUT2D eigenvalue weighted by Gasteiger charge is 2.12. The first-order chi connectivity index (χ1) is 11.6. The summed E-state index contributed by atoms with van der Waals surface area (Å²) in [5.41, 5.74) is 1.91. The topological polar surface area (TPSA) is 48.0 Å². The molecule has 0 heterocycles. The van der Waals surface area contributed by atoms with Crippen molar-refractivity contribution in [1.29, 1.82) is 0 Å². The predicted octanol–water partition coefficient (Wildman–Crippen LogP) is 2.91. The Hall–Kier alpha value is -2.69. The van der Waals surface area contributed by atoms with Crippen LogP contribution in [0.15, 0.2) is 42.5 Å². The molecule has 2 aromatic carbocycles. The molecule has 0 aliphatic heterocycles. The van der Waals surface area contributed by atoms with Gasteiger partial charge in [0.15, 0.2) is 11.5 Å². The third-order valence-corrected chi connectivity index (χ3v) is 3.78. The van der Waals surface area contributed by atoms with Gasteiger partial charge in [0.25, 0.3) is 0 Å². The van der Waals surface area contributed by atoms with Crippen LogP contribution in [0.25, 0.3) is 0 Å². The molecule has 0 bridgehead atoms. The van der Waals surface area contributed by atoms with E-state index in [1.165, 1.54) is 0 Å². The summed E-state index contributed by atoms with van der Waals surface area (Å²) in [5.74, 6) is 2.09. The zero-order valence-electron chi connectivity index (χ0n) is 14.5. The number of carbonyl (C=O) groups excluding carboxylic acids is 1. The Labute approximate surface area is 142 Å². The minimum atomic E-state index is 0.0324. The lowest BCUT2D eigenvalue weighted by molar-refractivity contribution is -0.129. The average molecular weight is 329 g/mol. The van der Waals surface area contributed by atoms with Gasteiger partial charge in [-0.05, 0) is 35.4 Å².